The average Bonchev–Trinajstić information content (AvgIpc) is 2.34. The molecule has 1 aromatic carbocycles. The SMILES string of the molecule is CC1Cc2ccccc2N(CC(CBr)C(C)(C)C)C1. The van der Waals surface area contributed by atoms with Gasteiger partial charge in [-0.3, -0.25) is 0 Å². The topological polar surface area (TPSA) is 3.24 Å². The lowest BCUT2D eigenvalue weighted by Crippen LogP contribution is -2.41. The van der Waals surface area contributed by atoms with Crippen molar-refractivity contribution in [2.75, 3.05) is 23.3 Å². The number of benzene rings is 1. The lowest BCUT2D eigenvalue weighted by atomic mass is 9.81. The average molecular weight is 324 g/mol. The van der Waals surface area contributed by atoms with Gasteiger partial charge in [0, 0.05) is 24.1 Å². The predicted octanol–water partition coefficient (Wildman–Crippen LogP) is 4.74. The third kappa shape index (κ3) is 3.53. The first kappa shape index (κ1) is 14.9. The molecule has 0 radical (unpaired) electrons. The van der Waals surface area contributed by atoms with Gasteiger partial charge in [0.05, 0.1) is 0 Å². The monoisotopic (exact) mass is 323 g/mol. The summed E-state index contributed by atoms with van der Waals surface area (Å²) in [6.07, 6.45) is 1.22. The van der Waals surface area contributed by atoms with E-state index < -0.39 is 0 Å². The van der Waals surface area contributed by atoms with Gasteiger partial charge in [-0.15, -0.1) is 0 Å². The van der Waals surface area contributed by atoms with E-state index >= 15 is 0 Å². The molecule has 2 heteroatoms. The van der Waals surface area contributed by atoms with Gasteiger partial charge in [-0.1, -0.05) is 61.8 Å². The number of anilines is 1. The number of halogens is 1. The van der Waals surface area contributed by atoms with Crippen LogP contribution in [0.4, 0.5) is 5.69 Å². The number of hydrogen-bond donors (Lipinski definition) is 0. The highest BCUT2D eigenvalue weighted by Gasteiger charge is 2.29. The maximum absolute atomic E-state index is 3.71. The summed E-state index contributed by atoms with van der Waals surface area (Å²) in [5, 5.41) is 1.07. The van der Waals surface area contributed by atoms with E-state index in [1.807, 2.05) is 0 Å². The molecule has 2 atom stereocenters. The first-order chi connectivity index (χ1) is 8.91. The Bertz CT molecular complexity index is 422. The van der Waals surface area contributed by atoms with Crippen molar-refractivity contribution in [3.63, 3.8) is 0 Å². The Morgan fingerprint density at radius 2 is 2.00 bits per heavy atom. The van der Waals surface area contributed by atoms with E-state index in [4.69, 9.17) is 0 Å². The van der Waals surface area contributed by atoms with Crippen molar-refractivity contribution < 1.29 is 0 Å². The fourth-order valence-electron chi connectivity index (χ4n) is 2.90. The Balaban J connectivity index is 2.21. The van der Waals surface area contributed by atoms with Crippen LogP contribution in [-0.4, -0.2) is 18.4 Å². The van der Waals surface area contributed by atoms with Crippen LogP contribution >= 0.6 is 15.9 Å². The largest absolute Gasteiger partial charge is 0.371 e. The molecule has 2 unspecified atom stereocenters. The van der Waals surface area contributed by atoms with Crippen molar-refractivity contribution in [3.8, 4) is 0 Å². The highest BCUT2D eigenvalue weighted by atomic mass is 79.9. The second-order valence-corrected chi connectivity index (χ2v) is 7.71. The van der Waals surface area contributed by atoms with Crippen LogP contribution in [0.5, 0.6) is 0 Å². The highest BCUT2D eigenvalue weighted by Crippen LogP contribution is 2.34. The van der Waals surface area contributed by atoms with Gasteiger partial charge in [-0.25, -0.2) is 0 Å². The molecule has 0 spiro atoms. The summed E-state index contributed by atoms with van der Waals surface area (Å²) >= 11 is 3.71. The van der Waals surface area contributed by atoms with Gasteiger partial charge in [-0.05, 0) is 35.3 Å². The molecular weight excluding hydrogens is 298 g/mol. The van der Waals surface area contributed by atoms with Crippen molar-refractivity contribution in [3.05, 3.63) is 29.8 Å². The van der Waals surface area contributed by atoms with E-state index in [-0.39, 0.29) is 0 Å². The van der Waals surface area contributed by atoms with Crippen molar-refractivity contribution in [2.24, 2.45) is 17.3 Å². The zero-order chi connectivity index (χ0) is 14.0. The summed E-state index contributed by atoms with van der Waals surface area (Å²) in [4.78, 5) is 2.60. The predicted molar refractivity (Wildman–Crippen MR) is 88.3 cm³/mol. The van der Waals surface area contributed by atoms with Crippen LogP contribution in [0.1, 0.15) is 33.3 Å². The summed E-state index contributed by atoms with van der Waals surface area (Å²) in [6, 6.07) is 8.91. The van der Waals surface area contributed by atoms with Gasteiger partial charge in [0.1, 0.15) is 0 Å². The molecule has 19 heavy (non-hydrogen) atoms. The maximum atomic E-state index is 3.71. The molecule has 0 amide bonds. The molecule has 1 aliphatic heterocycles. The molecule has 0 N–H and O–H groups in total. The quantitative estimate of drug-likeness (QED) is 0.726. The Labute approximate surface area is 126 Å². The van der Waals surface area contributed by atoms with Crippen LogP contribution < -0.4 is 4.90 Å². The van der Waals surface area contributed by atoms with E-state index in [2.05, 4.69) is 72.8 Å². The summed E-state index contributed by atoms with van der Waals surface area (Å²) < 4.78 is 0. The minimum Gasteiger partial charge on any atom is -0.371 e. The Morgan fingerprint density at radius 1 is 1.32 bits per heavy atom. The maximum Gasteiger partial charge on any atom is 0.0399 e. The molecule has 0 aliphatic carbocycles. The van der Waals surface area contributed by atoms with Crippen LogP contribution in [0.2, 0.25) is 0 Å². The normalized spacial score (nSPS) is 21.1. The molecular formula is C17H26BrN. The zero-order valence-electron chi connectivity index (χ0n) is 12.6. The fraction of sp³-hybridized carbons (Fsp3) is 0.647. The number of para-hydroxylation sites is 1. The van der Waals surface area contributed by atoms with Gasteiger partial charge < -0.3 is 4.90 Å². The number of hydrogen-bond acceptors (Lipinski definition) is 1. The van der Waals surface area contributed by atoms with Crippen molar-refractivity contribution in [1.82, 2.24) is 0 Å². The van der Waals surface area contributed by atoms with Crippen LogP contribution in [0, 0.1) is 17.3 Å². The molecule has 0 bridgehead atoms. The standard InChI is InChI=1S/C17H26BrN/c1-13-9-14-7-5-6-8-16(14)19(11-13)12-15(10-18)17(2,3)4/h5-8,13,15H,9-12H2,1-4H3. The van der Waals surface area contributed by atoms with Gasteiger partial charge >= 0.3 is 0 Å². The number of rotatable bonds is 3. The zero-order valence-corrected chi connectivity index (χ0v) is 14.2. The number of alkyl halides is 1. The van der Waals surface area contributed by atoms with Gasteiger partial charge in [0.15, 0.2) is 0 Å². The molecule has 1 aromatic rings. The summed E-state index contributed by atoms with van der Waals surface area (Å²) in [5.74, 6) is 1.43. The fourth-order valence-corrected chi connectivity index (χ4v) is 4.08. The van der Waals surface area contributed by atoms with E-state index in [9.17, 15) is 0 Å². The Morgan fingerprint density at radius 3 is 2.63 bits per heavy atom. The van der Waals surface area contributed by atoms with E-state index in [0.717, 1.165) is 17.8 Å². The first-order valence-corrected chi connectivity index (χ1v) is 8.42. The lowest BCUT2D eigenvalue weighted by Gasteiger charge is -2.40. The van der Waals surface area contributed by atoms with Crippen molar-refractivity contribution in [1.29, 1.82) is 0 Å². The van der Waals surface area contributed by atoms with Gasteiger partial charge in [0.25, 0.3) is 0 Å². The second kappa shape index (κ2) is 5.87. The molecule has 2 rings (SSSR count). The molecule has 1 heterocycles. The van der Waals surface area contributed by atoms with Crippen molar-refractivity contribution >= 4 is 21.6 Å². The molecule has 0 saturated heterocycles. The number of fused-ring (bicyclic) bond motifs is 1. The minimum absolute atomic E-state index is 0.346. The summed E-state index contributed by atoms with van der Waals surface area (Å²) in [7, 11) is 0. The van der Waals surface area contributed by atoms with Crippen LogP contribution in [0.25, 0.3) is 0 Å². The molecule has 1 nitrogen and oxygen atoms in total. The van der Waals surface area contributed by atoms with Gasteiger partial charge in [0.2, 0.25) is 0 Å². The molecule has 1 aliphatic rings. The molecule has 0 aromatic heterocycles. The Hall–Kier alpha value is -0.500. The van der Waals surface area contributed by atoms with Crippen molar-refractivity contribution in [2.45, 2.75) is 34.1 Å². The lowest BCUT2D eigenvalue weighted by molar-refractivity contribution is 0.267. The minimum atomic E-state index is 0.346. The van der Waals surface area contributed by atoms with E-state index in [1.165, 1.54) is 24.2 Å². The summed E-state index contributed by atoms with van der Waals surface area (Å²) in [6.45, 7) is 11.7. The molecule has 0 fully saturated rings. The third-order valence-electron chi connectivity index (χ3n) is 4.28. The van der Waals surface area contributed by atoms with Crippen LogP contribution in [-0.2, 0) is 6.42 Å². The van der Waals surface area contributed by atoms with E-state index in [1.54, 1.807) is 0 Å². The smallest absolute Gasteiger partial charge is 0.0399 e. The van der Waals surface area contributed by atoms with Crippen LogP contribution in [0.15, 0.2) is 24.3 Å². The third-order valence-corrected chi connectivity index (χ3v) is 5.07. The summed E-state index contributed by atoms with van der Waals surface area (Å²) in [5.41, 5.74) is 3.32. The molecule has 106 valence electrons. The number of nitrogens with zero attached hydrogens (tertiary/aromatic N) is 1. The van der Waals surface area contributed by atoms with Crippen LogP contribution in [0.3, 0.4) is 0 Å². The molecule has 0 saturated carbocycles. The second-order valence-electron chi connectivity index (χ2n) is 7.06. The van der Waals surface area contributed by atoms with E-state index in [0.29, 0.717) is 11.3 Å². The Kier molecular flexibility index (Phi) is 4.60. The first-order valence-electron chi connectivity index (χ1n) is 7.30. The highest BCUT2D eigenvalue weighted by molar-refractivity contribution is 9.09. The van der Waals surface area contributed by atoms with Gasteiger partial charge in [-0.2, -0.15) is 0 Å².